The maximum atomic E-state index is 2.45. The van der Waals surface area contributed by atoms with Crippen molar-refractivity contribution >= 4 is 85.4 Å². The molecule has 0 radical (unpaired) electrons. The number of hydrogen-bond donors (Lipinski definition) is 0. The van der Waals surface area contributed by atoms with E-state index in [9.17, 15) is 0 Å². The first-order valence-corrected chi connectivity index (χ1v) is 14.9. The Morgan fingerprint density at radius 1 is 0.462 bits per heavy atom. The molecule has 3 aromatic heterocycles. The van der Waals surface area contributed by atoms with Crippen molar-refractivity contribution in [3.8, 4) is 16.8 Å². The third kappa shape index (κ3) is 3.12. The van der Waals surface area contributed by atoms with Crippen LogP contribution >= 0.6 is 22.7 Å². The largest absolute Gasteiger partial charge is 0.317 e. The molecule has 0 aliphatic carbocycles. The molecule has 3 heteroatoms. The molecule has 3 heterocycles. The van der Waals surface area contributed by atoms with Gasteiger partial charge < -0.3 is 4.57 Å². The van der Waals surface area contributed by atoms with Gasteiger partial charge in [0.15, 0.2) is 0 Å². The van der Waals surface area contributed by atoms with E-state index in [1.165, 1.54) is 79.5 Å². The number of para-hydroxylation sites is 1. The molecule has 0 spiro atoms. The van der Waals surface area contributed by atoms with Crippen LogP contribution in [0.25, 0.3) is 79.5 Å². The predicted octanol–water partition coefficient (Wildman–Crippen LogP) is 11.2. The highest BCUT2D eigenvalue weighted by Crippen LogP contribution is 2.45. The minimum Gasteiger partial charge on any atom is -0.317 e. The number of nitrogens with zero attached hydrogens (tertiary/aromatic N) is 1. The van der Waals surface area contributed by atoms with E-state index in [-0.39, 0.29) is 0 Å². The lowest BCUT2D eigenvalue weighted by Crippen LogP contribution is -1.91. The highest BCUT2D eigenvalue weighted by molar-refractivity contribution is 7.25. The molecular weight excluding hydrogens is 511 g/mol. The topological polar surface area (TPSA) is 4.93 Å². The smallest absolute Gasteiger partial charge is 0.0535 e. The number of hydrogen-bond acceptors (Lipinski definition) is 2. The molecule has 182 valence electrons. The second-order valence-corrected chi connectivity index (χ2v) is 12.2. The predicted molar refractivity (Wildman–Crippen MR) is 172 cm³/mol. The van der Waals surface area contributed by atoms with Crippen molar-refractivity contribution in [2.24, 2.45) is 0 Å². The van der Waals surface area contributed by atoms with Crippen LogP contribution in [0.1, 0.15) is 0 Å². The fourth-order valence-electron chi connectivity index (χ4n) is 6.23. The summed E-state index contributed by atoms with van der Waals surface area (Å²) in [4.78, 5) is 0. The minimum absolute atomic E-state index is 1.18. The number of rotatable bonds is 2. The molecule has 1 nitrogen and oxygen atoms in total. The molecule has 0 saturated carbocycles. The van der Waals surface area contributed by atoms with Crippen molar-refractivity contribution < 1.29 is 0 Å². The molecule has 0 fully saturated rings. The lowest BCUT2D eigenvalue weighted by Gasteiger charge is -2.13. The highest BCUT2D eigenvalue weighted by Gasteiger charge is 2.17. The van der Waals surface area contributed by atoms with Crippen LogP contribution in [0.3, 0.4) is 0 Å². The molecule has 0 unspecified atom stereocenters. The Kier molecular flexibility index (Phi) is 4.43. The summed E-state index contributed by atoms with van der Waals surface area (Å²) in [6, 6.07) is 42.5. The maximum absolute atomic E-state index is 2.45. The fourth-order valence-corrected chi connectivity index (χ4v) is 8.31. The van der Waals surface area contributed by atoms with Crippen molar-refractivity contribution in [1.29, 1.82) is 0 Å². The van der Waals surface area contributed by atoms with Gasteiger partial charge in [0.25, 0.3) is 0 Å². The summed E-state index contributed by atoms with van der Waals surface area (Å²) in [5, 5.41) is 12.8. The van der Waals surface area contributed by atoms with E-state index in [1.807, 2.05) is 22.7 Å². The summed E-state index contributed by atoms with van der Waals surface area (Å²) in [5.74, 6) is 0. The molecule has 6 aromatic carbocycles. The lowest BCUT2D eigenvalue weighted by molar-refractivity contribution is 1.13. The quantitative estimate of drug-likeness (QED) is 0.196. The zero-order valence-corrected chi connectivity index (χ0v) is 22.5. The Morgan fingerprint density at radius 2 is 1.26 bits per heavy atom. The van der Waals surface area contributed by atoms with Gasteiger partial charge in [0, 0.05) is 53.1 Å². The first-order valence-electron chi connectivity index (χ1n) is 13.2. The SMILES string of the molecule is c1ccc(-n2ccc3cc4cc(-c5csc6ccccc56)c5cc6c(cc5c4cc32)sc2ccccc26)cc1. The maximum Gasteiger partial charge on any atom is 0.0535 e. The van der Waals surface area contributed by atoms with Crippen LogP contribution in [0.5, 0.6) is 0 Å². The van der Waals surface area contributed by atoms with Crippen LogP contribution < -0.4 is 0 Å². The minimum atomic E-state index is 1.18. The molecule has 39 heavy (non-hydrogen) atoms. The van der Waals surface area contributed by atoms with Crippen LogP contribution in [0.15, 0.2) is 127 Å². The number of fused-ring (bicyclic) bond motifs is 8. The van der Waals surface area contributed by atoms with Gasteiger partial charge in [-0.15, -0.1) is 22.7 Å². The molecule has 0 atom stereocenters. The van der Waals surface area contributed by atoms with Crippen LogP contribution in [-0.2, 0) is 0 Å². The fraction of sp³-hybridized carbons (Fsp3) is 0. The number of benzene rings is 6. The Hall–Kier alpha value is -4.44. The van der Waals surface area contributed by atoms with E-state index < -0.39 is 0 Å². The van der Waals surface area contributed by atoms with Crippen molar-refractivity contribution in [3.05, 3.63) is 127 Å². The van der Waals surface area contributed by atoms with E-state index in [2.05, 4.69) is 131 Å². The van der Waals surface area contributed by atoms with E-state index in [0.717, 1.165) is 0 Å². The second kappa shape index (κ2) is 8.03. The average molecular weight is 532 g/mol. The van der Waals surface area contributed by atoms with Gasteiger partial charge in [-0.3, -0.25) is 0 Å². The highest BCUT2D eigenvalue weighted by atomic mass is 32.1. The third-order valence-corrected chi connectivity index (χ3v) is 10.2. The van der Waals surface area contributed by atoms with Gasteiger partial charge in [-0.2, -0.15) is 0 Å². The van der Waals surface area contributed by atoms with E-state index >= 15 is 0 Å². The second-order valence-electron chi connectivity index (χ2n) is 10.2. The van der Waals surface area contributed by atoms with E-state index in [0.29, 0.717) is 0 Å². The van der Waals surface area contributed by atoms with Crippen LogP contribution in [0.4, 0.5) is 0 Å². The summed E-state index contributed by atoms with van der Waals surface area (Å²) < 4.78 is 6.32. The van der Waals surface area contributed by atoms with Gasteiger partial charge in [0.2, 0.25) is 0 Å². The number of aromatic nitrogens is 1. The van der Waals surface area contributed by atoms with Crippen LogP contribution in [-0.4, -0.2) is 4.57 Å². The first kappa shape index (κ1) is 21.5. The van der Waals surface area contributed by atoms with Gasteiger partial charge in [-0.05, 0) is 93.2 Å². The summed E-state index contributed by atoms with van der Waals surface area (Å²) in [7, 11) is 0. The van der Waals surface area contributed by atoms with Gasteiger partial charge in [-0.1, -0.05) is 54.6 Å². The standard InChI is InChI=1S/C36H21NS2/c1-2-8-24(9-3-1)37-15-14-22-16-23-17-28(32-21-38-34-12-6-4-11-26(32)34)29-18-31-25-10-5-7-13-35(25)39-36(31)20-30(29)27(23)19-33(22)37/h1-21H. The van der Waals surface area contributed by atoms with E-state index in [4.69, 9.17) is 0 Å². The summed E-state index contributed by atoms with van der Waals surface area (Å²) in [5.41, 5.74) is 5.06. The molecule has 9 aromatic rings. The molecular formula is C36H21NS2. The van der Waals surface area contributed by atoms with E-state index in [1.54, 1.807) is 0 Å². The molecule has 9 rings (SSSR count). The Balaban J connectivity index is 1.45. The summed E-state index contributed by atoms with van der Waals surface area (Å²) >= 11 is 3.73. The zero-order chi connectivity index (χ0) is 25.5. The lowest BCUT2D eigenvalue weighted by atomic mass is 9.91. The summed E-state index contributed by atoms with van der Waals surface area (Å²) in [6.45, 7) is 0. The molecule has 0 bridgehead atoms. The Morgan fingerprint density at radius 3 is 2.15 bits per heavy atom. The van der Waals surface area contributed by atoms with Gasteiger partial charge in [0.1, 0.15) is 0 Å². The molecule has 0 aliphatic rings. The molecule has 0 amide bonds. The monoisotopic (exact) mass is 531 g/mol. The third-order valence-electron chi connectivity index (χ3n) is 8.06. The van der Waals surface area contributed by atoms with Crippen molar-refractivity contribution in [2.75, 3.05) is 0 Å². The van der Waals surface area contributed by atoms with Gasteiger partial charge in [0.05, 0.1) is 5.52 Å². The van der Waals surface area contributed by atoms with Gasteiger partial charge in [-0.25, -0.2) is 0 Å². The van der Waals surface area contributed by atoms with Crippen LogP contribution in [0, 0.1) is 0 Å². The van der Waals surface area contributed by atoms with Crippen LogP contribution in [0.2, 0.25) is 0 Å². The van der Waals surface area contributed by atoms with Crippen molar-refractivity contribution in [2.45, 2.75) is 0 Å². The van der Waals surface area contributed by atoms with Crippen molar-refractivity contribution in [1.82, 2.24) is 4.57 Å². The molecule has 0 saturated heterocycles. The zero-order valence-electron chi connectivity index (χ0n) is 20.9. The first-order chi connectivity index (χ1) is 19.3. The molecule has 0 aliphatic heterocycles. The Bertz CT molecular complexity index is 2390. The average Bonchev–Trinajstić information content (AvgIpc) is 3.70. The molecule has 0 N–H and O–H groups in total. The Labute approximate surface area is 232 Å². The summed E-state index contributed by atoms with van der Waals surface area (Å²) in [6.07, 6.45) is 2.19. The normalized spacial score (nSPS) is 12.1. The van der Waals surface area contributed by atoms with Crippen molar-refractivity contribution in [3.63, 3.8) is 0 Å². The number of thiophene rings is 2. The van der Waals surface area contributed by atoms with Gasteiger partial charge >= 0.3 is 0 Å².